The molecule has 1 unspecified atom stereocenters. The molecule has 1 aliphatic rings. The van der Waals surface area contributed by atoms with Crippen molar-refractivity contribution in [2.45, 2.75) is 6.42 Å². The number of likely N-dealkylation sites (tertiary alicyclic amines) is 1. The van der Waals surface area contributed by atoms with Crippen LogP contribution in [0.1, 0.15) is 16.8 Å². The second-order valence-electron chi connectivity index (χ2n) is 4.43. The maximum atomic E-state index is 12.2. The molecule has 1 aromatic rings. The van der Waals surface area contributed by atoms with Gasteiger partial charge in [0.15, 0.2) is 0 Å². The van der Waals surface area contributed by atoms with Crippen LogP contribution in [0.15, 0.2) is 18.2 Å². The van der Waals surface area contributed by atoms with Gasteiger partial charge in [-0.15, -0.1) is 0 Å². The van der Waals surface area contributed by atoms with Crippen molar-refractivity contribution in [1.29, 1.82) is 0 Å². The van der Waals surface area contributed by atoms with Crippen LogP contribution in [0.5, 0.6) is 5.75 Å². The minimum atomic E-state index is -0.277. The van der Waals surface area contributed by atoms with Crippen molar-refractivity contribution in [3.05, 3.63) is 27.3 Å². The molecule has 6 heteroatoms. The molecule has 0 aliphatic carbocycles. The Bertz CT molecular complexity index is 517. The smallest absolute Gasteiger partial charge is 0.310 e. The summed E-state index contributed by atoms with van der Waals surface area (Å²) in [6, 6.07) is 4.82. The lowest BCUT2D eigenvalue weighted by Crippen LogP contribution is -2.30. The van der Waals surface area contributed by atoms with E-state index in [0.717, 1.165) is 0 Å². The molecule has 5 nitrogen and oxygen atoms in total. The summed E-state index contributed by atoms with van der Waals surface area (Å²) >= 11 is 1.99. The zero-order chi connectivity index (χ0) is 14.0. The third-order valence-electron chi connectivity index (χ3n) is 3.20. The maximum absolute atomic E-state index is 12.2. The number of carbonyl (C=O) groups excluding carboxylic acids is 2. The number of esters is 1. The number of hydrogen-bond donors (Lipinski definition) is 1. The summed E-state index contributed by atoms with van der Waals surface area (Å²) in [7, 11) is 1.35. The Kier molecular flexibility index (Phi) is 4.28. The van der Waals surface area contributed by atoms with Crippen molar-refractivity contribution in [2.75, 3.05) is 20.2 Å². The largest absolute Gasteiger partial charge is 0.507 e. The molecule has 1 N–H and O–H groups in total. The van der Waals surface area contributed by atoms with Crippen LogP contribution < -0.4 is 0 Å². The lowest BCUT2D eigenvalue weighted by atomic mass is 10.1. The Morgan fingerprint density at radius 3 is 2.84 bits per heavy atom. The molecule has 0 bridgehead atoms. The highest BCUT2D eigenvalue weighted by Crippen LogP contribution is 2.24. The average molecular weight is 375 g/mol. The van der Waals surface area contributed by atoms with Gasteiger partial charge in [0.05, 0.1) is 16.6 Å². The highest BCUT2D eigenvalue weighted by atomic mass is 127. The van der Waals surface area contributed by atoms with Gasteiger partial charge in [-0.1, -0.05) is 0 Å². The van der Waals surface area contributed by atoms with Gasteiger partial charge in [-0.3, -0.25) is 9.59 Å². The van der Waals surface area contributed by atoms with E-state index in [9.17, 15) is 14.7 Å². The van der Waals surface area contributed by atoms with Crippen LogP contribution in [0, 0.1) is 9.49 Å². The minimum Gasteiger partial charge on any atom is -0.507 e. The molecule has 1 heterocycles. The number of ether oxygens (including phenoxy) is 1. The molecular weight excluding hydrogens is 361 g/mol. The van der Waals surface area contributed by atoms with Crippen molar-refractivity contribution in [3.8, 4) is 5.75 Å². The summed E-state index contributed by atoms with van der Waals surface area (Å²) in [5.41, 5.74) is 0.434. The lowest BCUT2D eigenvalue weighted by molar-refractivity contribution is -0.144. The number of amides is 1. The molecule has 19 heavy (non-hydrogen) atoms. The molecule has 0 aromatic heterocycles. The topological polar surface area (TPSA) is 66.8 Å². The third kappa shape index (κ3) is 2.99. The molecule has 1 aromatic carbocycles. The number of methoxy groups -OCH3 is 1. The van der Waals surface area contributed by atoms with E-state index < -0.39 is 0 Å². The van der Waals surface area contributed by atoms with Crippen molar-refractivity contribution < 1.29 is 19.4 Å². The lowest BCUT2D eigenvalue weighted by Gasteiger charge is -2.16. The monoisotopic (exact) mass is 375 g/mol. The molecule has 1 saturated heterocycles. The summed E-state index contributed by atoms with van der Waals surface area (Å²) < 4.78 is 5.38. The van der Waals surface area contributed by atoms with Crippen LogP contribution in [0.3, 0.4) is 0 Å². The highest BCUT2D eigenvalue weighted by molar-refractivity contribution is 14.1. The van der Waals surface area contributed by atoms with Crippen molar-refractivity contribution in [2.24, 2.45) is 5.92 Å². The van der Waals surface area contributed by atoms with Crippen LogP contribution in [-0.2, 0) is 9.53 Å². The number of phenolic OH excluding ortho intramolecular Hbond substituents is 1. The minimum absolute atomic E-state index is 0.0927. The molecule has 0 radical (unpaired) electrons. The molecule has 1 amide bonds. The van der Waals surface area contributed by atoms with Gasteiger partial charge in [-0.05, 0) is 47.2 Å². The van der Waals surface area contributed by atoms with E-state index in [-0.39, 0.29) is 23.5 Å². The van der Waals surface area contributed by atoms with Gasteiger partial charge in [-0.25, -0.2) is 0 Å². The second-order valence-corrected chi connectivity index (χ2v) is 5.59. The fraction of sp³-hybridized carbons (Fsp3) is 0.385. The molecule has 1 atom stereocenters. The van der Waals surface area contributed by atoms with Crippen LogP contribution in [0.4, 0.5) is 0 Å². The summed E-state index contributed by atoms with van der Waals surface area (Å²) in [5, 5.41) is 9.62. The second kappa shape index (κ2) is 5.77. The van der Waals surface area contributed by atoms with Crippen molar-refractivity contribution in [3.63, 3.8) is 0 Å². The Morgan fingerprint density at radius 2 is 2.21 bits per heavy atom. The number of carbonyl (C=O) groups is 2. The van der Waals surface area contributed by atoms with Crippen LogP contribution in [0.25, 0.3) is 0 Å². The van der Waals surface area contributed by atoms with Gasteiger partial charge in [0.2, 0.25) is 0 Å². The Labute approximate surface area is 124 Å². The maximum Gasteiger partial charge on any atom is 0.310 e. The number of nitrogens with zero attached hydrogens (tertiary/aromatic N) is 1. The van der Waals surface area contributed by atoms with E-state index in [1.54, 1.807) is 17.0 Å². The number of benzene rings is 1. The Morgan fingerprint density at radius 1 is 1.47 bits per heavy atom. The number of hydrogen-bond acceptors (Lipinski definition) is 4. The van der Waals surface area contributed by atoms with Gasteiger partial charge in [0.25, 0.3) is 5.91 Å². The normalized spacial score (nSPS) is 18.4. The number of rotatable bonds is 2. The number of halogens is 1. The summed E-state index contributed by atoms with van der Waals surface area (Å²) in [6.07, 6.45) is 0.620. The Hall–Kier alpha value is -1.31. The van der Waals surface area contributed by atoms with Gasteiger partial charge in [0.1, 0.15) is 5.75 Å². The molecular formula is C13H14INO4. The van der Waals surface area contributed by atoms with Gasteiger partial charge in [-0.2, -0.15) is 0 Å². The van der Waals surface area contributed by atoms with Crippen molar-refractivity contribution >= 4 is 34.5 Å². The van der Waals surface area contributed by atoms with E-state index in [1.807, 2.05) is 22.6 Å². The van der Waals surface area contributed by atoms with Crippen LogP contribution in [-0.4, -0.2) is 42.1 Å². The van der Waals surface area contributed by atoms with E-state index >= 15 is 0 Å². The zero-order valence-electron chi connectivity index (χ0n) is 10.4. The average Bonchev–Trinajstić information content (AvgIpc) is 2.89. The molecule has 2 rings (SSSR count). The van der Waals surface area contributed by atoms with Gasteiger partial charge < -0.3 is 14.7 Å². The fourth-order valence-electron chi connectivity index (χ4n) is 2.13. The number of phenols is 1. The molecule has 0 spiro atoms. The summed E-state index contributed by atoms with van der Waals surface area (Å²) in [4.78, 5) is 25.3. The summed E-state index contributed by atoms with van der Waals surface area (Å²) in [6.45, 7) is 0.906. The quantitative estimate of drug-likeness (QED) is 0.631. The SMILES string of the molecule is COC(=O)C1CCN(C(=O)c2ccc(I)c(O)c2)C1. The first-order chi connectivity index (χ1) is 9.02. The van der Waals surface area contributed by atoms with Crippen LogP contribution >= 0.6 is 22.6 Å². The highest BCUT2D eigenvalue weighted by Gasteiger charge is 2.32. The van der Waals surface area contributed by atoms with E-state index in [2.05, 4.69) is 4.74 Å². The van der Waals surface area contributed by atoms with Gasteiger partial charge >= 0.3 is 5.97 Å². The first-order valence-corrected chi connectivity index (χ1v) is 6.96. The molecule has 102 valence electrons. The predicted octanol–water partition coefficient (Wildman–Crippen LogP) is 1.63. The van der Waals surface area contributed by atoms with Crippen LogP contribution in [0.2, 0.25) is 0 Å². The summed E-state index contributed by atoms with van der Waals surface area (Å²) in [5.74, 6) is -0.597. The predicted molar refractivity (Wildman–Crippen MR) is 76.9 cm³/mol. The molecule has 1 aliphatic heterocycles. The number of aromatic hydroxyl groups is 1. The zero-order valence-corrected chi connectivity index (χ0v) is 12.6. The van der Waals surface area contributed by atoms with Gasteiger partial charge in [0, 0.05) is 18.7 Å². The molecule has 0 saturated carbocycles. The third-order valence-corrected chi connectivity index (χ3v) is 4.12. The molecule has 1 fully saturated rings. The van der Waals surface area contributed by atoms with Crippen molar-refractivity contribution in [1.82, 2.24) is 4.90 Å². The Balaban J connectivity index is 2.09. The van der Waals surface area contributed by atoms with E-state index in [0.29, 0.717) is 28.6 Å². The first-order valence-electron chi connectivity index (χ1n) is 5.88. The van der Waals surface area contributed by atoms with E-state index in [1.165, 1.54) is 13.2 Å². The van der Waals surface area contributed by atoms with E-state index in [4.69, 9.17) is 0 Å². The fourth-order valence-corrected chi connectivity index (χ4v) is 2.47. The standard InChI is InChI=1S/C13H14INO4/c1-19-13(18)9-4-5-15(7-9)12(17)8-2-3-10(14)11(16)6-8/h2-3,6,9,16H,4-5,7H2,1H3. The first kappa shape index (κ1) is 14.1.